The molecular formula is C16H20N4O4S2. The first-order chi connectivity index (χ1) is 12.4. The van der Waals surface area contributed by atoms with Gasteiger partial charge in [-0.1, -0.05) is 11.8 Å². The first-order valence-corrected chi connectivity index (χ1v) is 10.8. The molecule has 1 fully saturated rings. The van der Waals surface area contributed by atoms with Crippen LogP contribution in [0.5, 0.6) is 5.75 Å². The van der Waals surface area contributed by atoms with Crippen molar-refractivity contribution in [3.63, 3.8) is 0 Å². The molecule has 0 aliphatic carbocycles. The van der Waals surface area contributed by atoms with Crippen LogP contribution < -0.4 is 10.1 Å². The minimum atomic E-state index is -3.00. The van der Waals surface area contributed by atoms with Crippen LogP contribution >= 0.6 is 11.8 Å². The number of nitrogens with zero attached hydrogens (tertiary/aromatic N) is 3. The van der Waals surface area contributed by atoms with Gasteiger partial charge >= 0.3 is 0 Å². The number of carbonyl (C=O) groups is 1. The van der Waals surface area contributed by atoms with Gasteiger partial charge in [-0.2, -0.15) is 0 Å². The Morgan fingerprint density at radius 2 is 2.08 bits per heavy atom. The van der Waals surface area contributed by atoms with Crippen molar-refractivity contribution in [2.75, 3.05) is 24.4 Å². The van der Waals surface area contributed by atoms with Gasteiger partial charge in [0, 0.05) is 18.7 Å². The van der Waals surface area contributed by atoms with E-state index in [0.29, 0.717) is 17.4 Å². The molecule has 140 valence electrons. The highest BCUT2D eigenvalue weighted by atomic mass is 32.2. The number of aromatic nitrogens is 3. The predicted molar refractivity (Wildman–Crippen MR) is 98.9 cm³/mol. The largest absolute Gasteiger partial charge is 0.497 e. The van der Waals surface area contributed by atoms with Gasteiger partial charge in [0.05, 0.1) is 24.4 Å². The van der Waals surface area contributed by atoms with Crippen LogP contribution in [0, 0.1) is 0 Å². The Kier molecular flexibility index (Phi) is 5.52. The van der Waals surface area contributed by atoms with E-state index in [4.69, 9.17) is 4.74 Å². The molecule has 1 aromatic carbocycles. The van der Waals surface area contributed by atoms with Crippen molar-refractivity contribution < 1.29 is 17.9 Å². The number of sulfone groups is 1. The van der Waals surface area contributed by atoms with Gasteiger partial charge in [-0.15, -0.1) is 10.2 Å². The van der Waals surface area contributed by atoms with Crippen LogP contribution in [0.4, 0.5) is 0 Å². The Morgan fingerprint density at radius 1 is 1.35 bits per heavy atom. The lowest BCUT2D eigenvalue weighted by atomic mass is 10.2. The summed E-state index contributed by atoms with van der Waals surface area (Å²) in [5.41, 5.74) is 0.897. The molecule has 3 rings (SSSR count). The fourth-order valence-electron chi connectivity index (χ4n) is 2.74. The summed E-state index contributed by atoms with van der Waals surface area (Å²) in [6, 6.07) is 7.19. The predicted octanol–water partition coefficient (Wildman–Crippen LogP) is 0.886. The number of nitrogens with one attached hydrogen (secondary N) is 1. The summed E-state index contributed by atoms with van der Waals surface area (Å²) >= 11 is 1.26. The third-order valence-electron chi connectivity index (χ3n) is 4.11. The van der Waals surface area contributed by atoms with Crippen LogP contribution in [0.1, 0.15) is 6.42 Å². The third-order valence-corrected chi connectivity index (χ3v) is 6.90. The van der Waals surface area contributed by atoms with E-state index in [-0.39, 0.29) is 29.2 Å². The highest BCUT2D eigenvalue weighted by Crippen LogP contribution is 2.24. The summed E-state index contributed by atoms with van der Waals surface area (Å²) in [6.07, 6.45) is 0.477. The minimum absolute atomic E-state index is 0.0228. The smallest absolute Gasteiger partial charge is 0.230 e. The molecule has 1 aromatic heterocycles. The maximum atomic E-state index is 12.0. The van der Waals surface area contributed by atoms with Crippen molar-refractivity contribution in [2.24, 2.45) is 7.05 Å². The summed E-state index contributed by atoms with van der Waals surface area (Å²) in [5.74, 6) is 1.57. The Bertz CT molecular complexity index is 893. The van der Waals surface area contributed by atoms with Crippen LogP contribution in [0.3, 0.4) is 0 Å². The molecule has 1 aliphatic heterocycles. The summed E-state index contributed by atoms with van der Waals surface area (Å²) in [7, 11) is 0.442. The second-order valence-corrected chi connectivity index (χ2v) is 9.22. The molecule has 10 heteroatoms. The number of ether oxygens (including phenoxy) is 1. The number of carbonyl (C=O) groups excluding carboxylic acids is 1. The molecule has 1 aliphatic rings. The van der Waals surface area contributed by atoms with Gasteiger partial charge < -0.3 is 14.6 Å². The fraction of sp³-hybridized carbons (Fsp3) is 0.438. The molecule has 0 saturated carbocycles. The zero-order valence-corrected chi connectivity index (χ0v) is 16.1. The van der Waals surface area contributed by atoms with Gasteiger partial charge in [-0.25, -0.2) is 8.42 Å². The van der Waals surface area contributed by atoms with Gasteiger partial charge in [-0.05, 0) is 30.7 Å². The van der Waals surface area contributed by atoms with Crippen molar-refractivity contribution in [3.8, 4) is 17.1 Å². The summed E-state index contributed by atoms with van der Waals surface area (Å²) in [4.78, 5) is 12.0. The molecule has 8 nitrogen and oxygen atoms in total. The zero-order valence-electron chi connectivity index (χ0n) is 14.5. The molecule has 1 saturated heterocycles. The highest BCUT2D eigenvalue weighted by molar-refractivity contribution is 7.99. The third kappa shape index (κ3) is 4.36. The average molecular weight is 396 g/mol. The molecule has 26 heavy (non-hydrogen) atoms. The minimum Gasteiger partial charge on any atom is -0.497 e. The molecule has 0 radical (unpaired) electrons. The van der Waals surface area contributed by atoms with Crippen LogP contribution in [-0.2, 0) is 21.7 Å². The summed E-state index contributed by atoms with van der Waals surface area (Å²) < 4.78 is 29.8. The van der Waals surface area contributed by atoms with Crippen molar-refractivity contribution in [1.29, 1.82) is 0 Å². The molecule has 0 spiro atoms. The first kappa shape index (κ1) is 18.7. The second-order valence-electron chi connectivity index (χ2n) is 6.05. The number of amides is 1. The quantitative estimate of drug-likeness (QED) is 0.723. The fourth-order valence-corrected chi connectivity index (χ4v) is 5.14. The van der Waals surface area contributed by atoms with Crippen molar-refractivity contribution >= 4 is 27.5 Å². The molecule has 1 atom stereocenters. The first-order valence-electron chi connectivity index (χ1n) is 8.04. The maximum absolute atomic E-state index is 12.0. The van der Waals surface area contributed by atoms with Crippen molar-refractivity contribution in [3.05, 3.63) is 24.3 Å². The number of methoxy groups -OCH3 is 1. The lowest BCUT2D eigenvalue weighted by Crippen LogP contribution is -2.36. The van der Waals surface area contributed by atoms with Gasteiger partial charge in [0.15, 0.2) is 20.8 Å². The number of hydrogen-bond acceptors (Lipinski definition) is 7. The molecule has 1 N–H and O–H groups in total. The second kappa shape index (κ2) is 7.67. The van der Waals surface area contributed by atoms with Gasteiger partial charge in [0.25, 0.3) is 0 Å². The zero-order chi connectivity index (χ0) is 18.7. The normalized spacial score (nSPS) is 18.6. The average Bonchev–Trinajstić information content (AvgIpc) is 3.15. The maximum Gasteiger partial charge on any atom is 0.230 e. The topological polar surface area (TPSA) is 103 Å². The number of rotatable bonds is 6. The van der Waals surface area contributed by atoms with Crippen LogP contribution in [-0.4, -0.2) is 59.5 Å². The SMILES string of the molecule is COc1ccc(-c2nnc(SCC(=O)N[C@H]3CCS(=O)(=O)C3)n2C)cc1. The number of hydrogen-bond donors (Lipinski definition) is 1. The highest BCUT2D eigenvalue weighted by Gasteiger charge is 2.28. The monoisotopic (exact) mass is 396 g/mol. The van der Waals surface area contributed by atoms with Gasteiger partial charge in [-0.3, -0.25) is 4.79 Å². The summed E-state index contributed by atoms with van der Waals surface area (Å²) in [5, 5.41) is 11.7. The van der Waals surface area contributed by atoms with Gasteiger partial charge in [0.1, 0.15) is 5.75 Å². The van der Waals surface area contributed by atoms with Crippen molar-refractivity contribution in [1.82, 2.24) is 20.1 Å². The van der Waals surface area contributed by atoms with E-state index >= 15 is 0 Å². The van der Waals surface area contributed by atoms with Crippen LogP contribution in [0.25, 0.3) is 11.4 Å². The van der Waals surface area contributed by atoms with E-state index in [1.54, 1.807) is 7.11 Å². The summed E-state index contributed by atoms with van der Waals surface area (Å²) in [6.45, 7) is 0. The molecule has 0 unspecified atom stereocenters. The molecular weight excluding hydrogens is 376 g/mol. The van der Waals surface area contributed by atoms with Crippen LogP contribution in [0.2, 0.25) is 0 Å². The van der Waals surface area contributed by atoms with Crippen LogP contribution in [0.15, 0.2) is 29.4 Å². The van der Waals surface area contributed by atoms with E-state index in [0.717, 1.165) is 11.3 Å². The molecule has 1 amide bonds. The Morgan fingerprint density at radius 3 is 2.69 bits per heavy atom. The molecule has 0 bridgehead atoms. The van der Waals surface area contributed by atoms with Crippen molar-refractivity contribution in [2.45, 2.75) is 17.6 Å². The lowest BCUT2D eigenvalue weighted by Gasteiger charge is -2.10. The number of thioether (sulfide) groups is 1. The van der Waals surface area contributed by atoms with E-state index in [2.05, 4.69) is 15.5 Å². The molecule has 2 aromatic rings. The Labute approximate surface area is 156 Å². The van der Waals surface area contributed by atoms with E-state index in [1.165, 1.54) is 11.8 Å². The van der Waals surface area contributed by atoms with Gasteiger partial charge in [0.2, 0.25) is 5.91 Å². The standard InChI is InChI=1S/C16H20N4O4S2/c1-20-15(11-3-5-13(24-2)6-4-11)18-19-16(20)25-9-14(21)17-12-7-8-26(22,23)10-12/h3-6,12H,7-10H2,1-2H3,(H,17,21)/t12-/m0/s1. The lowest BCUT2D eigenvalue weighted by molar-refractivity contribution is -0.119. The van der Waals surface area contributed by atoms with E-state index in [9.17, 15) is 13.2 Å². The Hall–Kier alpha value is -2.07. The Balaban J connectivity index is 1.59. The number of benzene rings is 1. The van der Waals surface area contributed by atoms with E-state index < -0.39 is 9.84 Å². The van der Waals surface area contributed by atoms with E-state index in [1.807, 2.05) is 35.9 Å². The molecule has 2 heterocycles.